The first-order valence-electron chi connectivity index (χ1n) is 6.66. The van der Waals surface area contributed by atoms with Gasteiger partial charge in [0.2, 0.25) is 0 Å². The van der Waals surface area contributed by atoms with E-state index >= 15 is 0 Å². The molecule has 0 saturated carbocycles. The minimum absolute atomic E-state index is 0.181. The molecule has 0 aliphatic carbocycles. The molecule has 0 saturated heterocycles. The summed E-state index contributed by atoms with van der Waals surface area (Å²) < 4.78 is 0. The standard InChI is InChI=1S/C16H13Cl2N3O2/c17-13-5-1-11(2-6-13)9-20-21-15(22)10-19-16(23)12-3-7-14(18)8-4-12/h1-9H,10H2,(H,19,23)(H,21,22)/b20-9+. The number of rotatable bonds is 5. The quantitative estimate of drug-likeness (QED) is 0.643. The highest BCUT2D eigenvalue weighted by molar-refractivity contribution is 6.30. The number of carbonyl (C=O) groups is 2. The maximum absolute atomic E-state index is 11.8. The molecule has 0 aliphatic rings. The van der Waals surface area contributed by atoms with Gasteiger partial charge < -0.3 is 5.32 Å². The van der Waals surface area contributed by atoms with Crippen molar-refractivity contribution in [3.8, 4) is 0 Å². The average Bonchev–Trinajstić information content (AvgIpc) is 2.55. The van der Waals surface area contributed by atoms with Crippen molar-refractivity contribution in [3.05, 3.63) is 69.7 Å². The Labute approximate surface area is 143 Å². The minimum atomic E-state index is -0.433. The molecule has 0 fully saturated rings. The fourth-order valence-electron chi connectivity index (χ4n) is 1.63. The van der Waals surface area contributed by atoms with Gasteiger partial charge in [0.05, 0.1) is 12.8 Å². The predicted molar refractivity (Wildman–Crippen MR) is 91.0 cm³/mol. The molecule has 0 unspecified atom stereocenters. The fourth-order valence-corrected chi connectivity index (χ4v) is 1.88. The molecule has 2 aromatic carbocycles. The zero-order chi connectivity index (χ0) is 16.7. The number of hydrogen-bond acceptors (Lipinski definition) is 3. The molecule has 2 amide bonds. The van der Waals surface area contributed by atoms with Gasteiger partial charge in [0.15, 0.2) is 0 Å². The van der Waals surface area contributed by atoms with Gasteiger partial charge in [0.1, 0.15) is 0 Å². The number of halogens is 2. The Morgan fingerprint density at radius 3 is 2.13 bits per heavy atom. The van der Waals surface area contributed by atoms with Gasteiger partial charge in [-0.05, 0) is 42.0 Å². The summed E-state index contributed by atoms with van der Waals surface area (Å²) in [6.45, 7) is -0.181. The van der Waals surface area contributed by atoms with Crippen molar-refractivity contribution >= 4 is 41.2 Å². The smallest absolute Gasteiger partial charge is 0.259 e. The second-order valence-corrected chi connectivity index (χ2v) is 5.41. The summed E-state index contributed by atoms with van der Waals surface area (Å²) in [5.74, 6) is -0.795. The molecule has 23 heavy (non-hydrogen) atoms. The van der Waals surface area contributed by atoms with E-state index in [9.17, 15) is 9.59 Å². The number of carbonyl (C=O) groups excluding carboxylic acids is 2. The number of amides is 2. The number of nitrogens with one attached hydrogen (secondary N) is 2. The number of nitrogens with zero attached hydrogens (tertiary/aromatic N) is 1. The van der Waals surface area contributed by atoms with E-state index in [4.69, 9.17) is 23.2 Å². The number of hydrazone groups is 1. The Hall–Kier alpha value is -2.37. The zero-order valence-electron chi connectivity index (χ0n) is 11.9. The molecular weight excluding hydrogens is 337 g/mol. The van der Waals surface area contributed by atoms with Crippen LogP contribution in [0.4, 0.5) is 0 Å². The molecule has 2 N–H and O–H groups in total. The summed E-state index contributed by atoms with van der Waals surface area (Å²) in [6, 6.07) is 13.3. The lowest BCUT2D eigenvalue weighted by Gasteiger charge is -2.04. The van der Waals surface area contributed by atoms with Gasteiger partial charge in [-0.3, -0.25) is 9.59 Å². The third-order valence-corrected chi connectivity index (χ3v) is 3.29. The van der Waals surface area contributed by atoms with E-state index in [1.165, 1.54) is 6.21 Å². The van der Waals surface area contributed by atoms with Crippen molar-refractivity contribution < 1.29 is 9.59 Å². The fraction of sp³-hybridized carbons (Fsp3) is 0.0625. The number of benzene rings is 2. The highest BCUT2D eigenvalue weighted by Gasteiger charge is 2.07. The largest absolute Gasteiger partial charge is 0.343 e. The normalized spacial score (nSPS) is 10.5. The summed E-state index contributed by atoms with van der Waals surface area (Å²) in [6.07, 6.45) is 1.48. The summed E-state index contributed by atoms with van der Waals surface area (Å²) in [5, 5.41) is 7.45. The van der Waals surface area contributed by atoms with Crippen LogP contribution < -0.4 is 10.7 Å². The van der Waals surface area contributed by atoms with Crippen LogP contribution in [0.15, 0.2) is 53.6 Å². The Bertz CT molecular complexity index is 713. The van der Waals surface area contributed by atoms with Crippen molar-refractivity contribution in [2.75, 3.05) is 6.54 Å². The summed E-state index contributed by atoms with van der Waals surface area (Å²) in [7, 11) is 0. The lowest BCUT2D eigenvalue weighted by Crippen LogP contribution is -2.34. The van der Waals surface area contributed by atoms with E-state index in [-0.39, 0.29) is 12.5 Å². The van der Waals surface area contributed by atoms with Crippen LogP contribution >= 0.6 is 23.2 Å². The molecule has 0 atom stereocenters. The monoisotopic (exact) mass is 349 g/mol. The van der Waals surface area contributed by atoms with Crippen molar-refractivity contribution in [2.45, 2.75) is 0 Å². The Morgan fingerprint density at radius 1 is 0.957 bits per heavy atom. The van der Waals surface area contributed by atoms with Gasteiger partial charge in [-0.25, -0.2) is 5.43 Å². The van der Waals surface area contributed by atoms with E-state index in [0.717, 1.165) is 5.56 Å². The van der Waals surface area contributed by atoms with E-state index in [0.29, 0.717) is 15.6 Å². The van der Waals surface area contributed by atoms with Crippen molar-refractivity contribution in [1.29, 1.82) is 0 Å². The zero-order valence-corrected chi connectivity index (χ0v) is 13.4. The highest BCUT2D eigenvalue weighted by Crippen LogP contribution is 2.09. The maximum atomic E-state index is 11.8. The van der Waals surface area contributed by atoms with E-state index in [2.05, 4.69) is 15.8 Å². The molecule has 5 nitrogen and oxygen atoms in total. The van der Waals surface area contributed by atoms with Gasteiger partial charge in [0.25, 0.3) is 11.8 Å². The molecule has 118 valence electrons. The molecule has 0 spiro atoms. The average molecular weight is 350 g/mol. The van der Waals surface area contributed by atoms with E-state index in [1.54, 1.807) is 48.5 Å². The van der Waals surface area contributed by atoms with E-state index < -0.39 is 5.91 Å². The van der Waals surface area contributed by atoms with Gasteiger partial charge in [-0.2, -0.15) is 5.10 Å². The van der Waals surface area contributed by atoms with Crippen LogP contribution in [-0.2, 0) is 4.79 Å². The second-order valence-electron chi connectivity index (χ2n) is 4.53. The first-order valence-corrected chi connectivity index (χ1v) is 7.41. The van der Waals surface area contributed by atoms with Crippen molar-refractivity contribution in [3.63, 3.8) is 0 Å². The van der Waals surface area contributed by atoms with Crippen molar-refractivity contribution in [1.82, 2.24) is 10.7 Å². The molecule has 2 rings (SSSR count). The van der Waals surface area contributed by atoms with Crippen LogP contribution in [0.2, 0.25) is 10.0 Å². The molecule has 0 heterocycles. The molecule has 7 heteroatoms. The van der Waals surface area contributed by atoms with E-state index in [1.807, 2.05) is 0 Å². The Morgan fingerprint density at radius 2 is 1.52 bits per heavy atom. The first kappa shape index (κ1) is 17.0. The second kappa shape index (κ2) is 8.31. The van der Waals surface area contributed by atoms with Gasteiger partial charge in [0, 0.05) is 15.6 Å². The van der Waals surface area contributed by atoms with Crippen LogP contribution in [0.3, 0.4) is 0 Å². The van der Waals surface area contributed by atoms with Crippen LogP contribution in [0, 0.1) is 0 Å². The molecular formula is C16H13Cl2N3O2. The van der Waals surface area contributed by atoms with Crippen LogP contribution in [0.25, 0.3) is 0 Å². The molecule has 0 radical (unpaired) electrons. The topological polar surface area (TPSA) is 70.6 Å². The van der Waals surface area contributed by atoms with Crippen molar-refractivity contribution in [2.24, 2.45) is 5.10 Å². The van der Waals surface area contributed by atoms with Crippen LogP contribution in [-0.4, -0.2) is 24.6 Å². The molecule has 0 bridgehead atoms. The van der Waals surface area contributed by atoms with Gasteiger partial charge in [-0.15, -0.1) is 0 Å². The minimum Gasteiger partial charge on any atom is -0.343 e. The lowest BCUT2D eigenvalue weighted by molar-refractivity contribution is -0.120. The summed E-state index contributed by atoms with van der Waals surface area (Å²) in [4.78, 5) is 23.4. The third-order valence-electron chi connectivity index (χ3n) is 2.79. The molecule has 0 aliphatic heterocycles. The molecule has 0 aromatic heterocycles. The highest BCUT2D eigenvalue weighted by atomic mass is 35.5. The van der Waals surface area contributed by atoms with Gasteiger partial charge >= 0.3 is 0 Å². The van der Waals surface area contributed by atoms with Gasteiger partial charge in [-0.1, -0.05) is 35.3 Å². The molecule has 2 aromatic rings. The summed E-state index contributed by atoms with van der Waals surface area (Å²) >= 11 is 11.5. The Kier molecular flexibility index (Phi) is 6.14. The summed E-state index contributed by atoms with van der Waals surface area (Å²) in [5.41, 5.74) is 3.54. The van der Waals surface area contributed by atoms with Crippen LogP contribution in [0.5, 0.6) is 0 Å². The third kappa shape index (κ3) is 5.73. The Balaban J connectivity index is 1.77. The lowest BCUT2D eigenvalue weighted by atomic mass is 10.2. The number of hydrogen-bond donors (Lipinski definition) is 2. The van der Waals surface area contributed by atoms with Crippen LogP contribution in [0.1, 0.15) is 15.9 Å². The first-order chi connectivity index (χ1) is 11.0. The SMILES string of the molecule is O=C(CNC(=O)c1ccc(Cl)cc1)N/N=C/c1ccc(Cl)cc1. The maximum Gasteiger partial charge on any atom is 0.259 e. The predicted octanol–water partition coefficient (Wildman–Crippen LogP) is 2.87.